The Bertz CT molecular complexity index is 1110. The van der Waals surface area contributed by atoms with Gasteiger partial charge in [0.05, 0.1) is 21.9 Å². The number of fused-ring (bicyclic) bond motifs is 1. The van der Waals surface area contributed by atoms with Crippen molar-refractivity contribution in [2.75, 3.05) is 11.8 Å². The largest absolute Gasteiger partial charge is 1.00 e. The van der Waals surface area contributed by atoms with Crippen molar-refractivity contribution >= 4 is 33.5 Å². The molecule has 0 radical (unpaired) electrons. The zero-order valence-corrected chi connectivity index (χ0v) is 17.9. The first kappa shape index (κ1) is 20.6. The third-order valence-corrected chi connectivity index (χ3v) is 4.99. The predicted octanol–water partition coefficient (Wildman–Crippen LogP) is -0.870. The minimum atomic E-state index is -4.55. The average Bonchev–Trinajstić information content (AvgIpc) is 3.20. The van der Waals surface area contributed by atoms with Crippen molar-refractivity contribution in [3.63, 3.8) is 0 Å². The van der Waals surface area contributed by atoms with Gasteiger partial charge in [-0.15, -0.1) is 0 Å². The van der Waals surface area contributed by atoms with Crippen molar-refractivity contribution < 1.29 is 56.8 Å². The molecule has 28 heavy (non-hydrogen) atoms. The SMILES string of the molecule is CC1=NN(c2ccc(S(=O)(=O)[O-])cc2)C(=O)/C1=C\c1ccc2c(c1)OCO2.[Na+]. The number of carbonyl (C=O) groups excluding carboxylic acids is 1. The van der Waals surface area contributed by atoms with Gasteiger partial charge in [-0.2, -0.15) is 10.1 Å². The van der Waals surface area contributed by atoms with E-state index in [4.69, 9.17) is 9.47 Å². The van der Waals surface area contributed by atoms with Crippen LogP contribution < -0.4 is 44.0 Å². The fourth-order valence-corrected chi connectivity index (χ4v) is 3.25. The maximum Gasteiger partial charge on any atom is 1.00 e. The Hall–Kier alpha value is -2.17. The van der Waals surface area contributed by atoms with Crippen LogP contribution in [0, 0.1) is 0 Å². The normalized spacial score (nSPS) is 16.9. The topological polar surface area (TPSA) is 108 Å². The molecular formula is C18H13N2NaO6S. The molecule has 2 aliphatic heterocycles. The molecule has 0 unspecified atom stereocenters. The summed E-state index contributed by atoms with van der Waals surface area (Å²) in [6, 6.07) is 10.4. The number of hydrogen-bond acceptors (Lipinski definition) is 7. The van der Waals surface area contributed by atoms with E-state index in [0.29, 0.717) is 28.5 Å². The van der Waals surface area contributed by atoms with E-state index in [1.165, 1.54) is 12.1 Å². The van der Waals surface area contributed by atoms with Crippen LogP contribution in [0.3, 0.4) is 0 Å². The third kappa shape index (κ3) is 3.85. The summed E-state index contributed by atoms with van der Waals surface area (Å²) < 4.78 is 43.7. The summed E-state index contributed by atoms with van der Waals surface area (Å²) in [7, 11) is -4.55. The van der Waals surface area contributed by atoms with Crippen molar-refractivity contribution in [2.45, 2.75) is 11.8 Å². The van der Waals surface area contributed by atoms with Crippen molar-refractivity contribution in [3.8, 4) is 11.5 Å². The van der Waals surface area contributed by atoms with E-state index in [2.05, 4.69) is 5.10 Å². The number of rotatable bonds is 3. The molecule has 138 valence electrons. The predicted molar refractivity (Wildman–Crippen MR) is 95.5 cm³/mol. The Labute approximate surface area is 183 Å². The number of anilines is 1. The summed E-state index contributed by atoms with van der Waals surface area (Å²) >= 11 is 0. The maximum atomic E-state index is 12.7. The van der Waals surface area contributed by atoms with Gasteiger partial charge in [0.2, 0.25) is 6.79 Å². The minimum Gasteiger partial charge on any atom is -0.744 e. The van der Waals surface area contributed by atoms with E-state index in [1.54, 1.807) is 31.2 Å². The number of benzene rings is 2. The fourth-order valence-electron chi connectivity index (χ4n) is 2.78. The van der Waals surface area contributed by atoms with Crippen LogP contribution in [0.1, 0.15) is 12.5 Å². The summed E-state index contributed by atoms with van der Waals surface area (Å²) in [6.07, 6.45) is 1.69. The van der Waals surface area contributed by atoms with Gasteiger partial charge in [-0.1, -0.05) is 6.07 Å². The molecule has 0 N–H and O–H groups in total. The molecule has 2 aromatic carbocycles. The van der Waals surface area contributed by atoms with Crippen molar-refractivity contribution in [3.05, 3.63) is 53.6 Å². The van der Waals surface area contributed by atoms with Crippen LogP contribution in [0.5, 0.6) is 11.5 Å². The van der Waals surface area contributed by atoms with Gasteiger partial charge in [0.15, 0.2) is 11.5 Å². The fraction of sp³-hybridized carbons (Fsp3) is 0.111. The first-order chi connectivity index (χ1) is 12.8. The summed E-state index contributed by atoms with van der Waals surface area (Å²) in [6.45, 7) is 1.87. The Morgan fingerprint density at radius 3 is 2.46 bits per heavy atom. The number of hydrazone groups is 1. The first-order valence-corrected chi connectivity index (χ1v) is 9.31. The quantitative estimate of drug-likeness (QED) is 0.371. The standard InChI is InChI=1S/C18H14N2O6S.Na/c1-11-15(8-12-2-7-16-17(9-12)26-10-25-16)18(21)20(19-11)13-3-5-14(6-4-13)27(22,23)24;/h2-9H,10H2,1H3,(H,22,23,24);/q;+1/p-1/b15-8-;. The van der Waals surface area contributed by atoms with Gasteiger partial charge in [0.25, 0.3) is 5.91 Å². The Balaban J connectivity index is 0.00000225. The van der Waals surface area contributed by atoms with Crippen LogP contribution in [-0.4, -0.2) is 31.4 Å². The molecule has 4 rings (SSSR count). The zero-order valence-electron chi connectivity index (χ0n) is 15.1. The van der Waals surface area contributed by atoms with Crippen molar-refractivity contribution in [1.29, 1.82) is 0 Å². The molecule has 0 saturated heterocycles. The molecule has 0 spiro atoms. The first-order valence-electron chi connectivity index (χ1n) is 7.90. The third-order valence-electron chi connectivity index (χ3n) is 4.14. The Morgan fingerprint density at radius 2 is 1.79 bits per heavy atom. The zero-order chi connectivity index (χ0) is 19.2. The summed E-state index contributed by atoms with van der Waals surface area (Å²) in [5, 5.41) is 5.39. The molecule has 2 aliphatic rings. The molecule has 0 saturated carbocycles. The number of ether oxygens (including phenoxy) is 2. The molecule has 0 aromatic heterocycles. The molecule has 10 heteroatoms. The molecule has 2 aromatic rings. The van der Waals surface area contributed by atoms with Gasteiger partial charge < -0.3 is 14.0 Å². The van der Waals surface area contributed by atoms with Gasteiger partial charge in [0.1, 0.15) is 10.1 Å². The van der Waals surface area contributed by atoms with Crippen molar-refractivity contribution in [1.82, 2.24) is 0 Å². The van der Waals surface area contributed by atoms with Gasteiger partial charge in [0, 0.05) is 0 Å². The second-order valence-corrected chi connectivity index (χ2v) is 7.30. The van der Waals surface area contributed by atoms with Crippen LogP contribution in [0.2, 0.25) is 0 Å². The second-order valence-electron chi connectivity index (χ2n) is 5.92. The summed E-state index contributed by atoms with van der Waals surface area (Å²) in [5.41, 5.74) is 2.03. The number of amides is 1. The van der Waals surface area contributed by atoms with E-state index >= 15 is 0 Å². The van der Waals surface area contributed by atoms with Gasteiger partial charge >= 0.3 is 29.6 Å². The molecular weight excluding hydrogens is 395 g/mol. The smallest absolute Gasteiger partial charge is 0.744 e. The number of carbonyl (C=O) groups is 1. The molecule has 0 aliphatic carbocycles. The van der Waals surface area contributed by atoms with Crippen LogP contribution in [0.4, 0.5) is 5.69 Å². The van der Waals surface area contributed by atoms with Crippen LogP contribution in [0.25, 0.3) is 6.08 Å². The van der Waals surface area contributed by atoms with E-state index in [1.807, 2.05) is 0 Å². The Kier molecular flexibility index (Phi) is 5.64. The number of hydrogen-bond donors (Lipinski definition) is 0. The molecule has 1 amide bonds. The summed E-state index contributed by atoms with van der Waals surface area (Å²) in [5.74, 6) is 0.897. The van der Waals surface area contributed by atoms with Crippen LogP contribution >= 0.6 is 0 Å². The van der Waals surface area contributed by atoms with E-state index < -0.39 is 10.1 Å². The molecule has 0 atom stereocenters. The molecule has 2 heterocycles. The maximum absolute atomic E-state index is 12.7. The monoisotopic (exact) mass is 408 g/mol. The van der Waals surface area contributed by atoms with Crippen molar-refractivity contribution in [2.24, 2.45) is 5.10 Å². The molecule has 8 nitrogen and oxygen atoms in total. The van der Waals surface area contributed by atoms with E-state index in [-0.39, 0.29) is 47.2 Å². The average molecular weight is 408 g/mol. The van der Waals surface area contributed by atoms with E-state index in [0.717, 1.165) is 22.7 Å². The molecule has 0 fully saturated rings. The summed E-state index contributed by atoms with van der Waals surface area (Å²) in [4.78, 5) is 12.4. The van der Waals surface area contributed by atoms with Gasteiger partial charge in [-0.25, -0.2) is 8.42 Å². The van der Waals surface area contributed by atoms with Crippen LogP contribution in [-0.2, 0) is 14.9 Å². The van der Waals surface area contributed by atoms with Gasteiger partial charge in [-0.3, -0.25) is 4.79 Å². The van der Waals surface area contributed by atoms with Crippen LogP contribution in [0.15, 0.2) is 58.0 Å². The van der Waals surface area contributed by atoms with Gasteiger partial charge in [-0.05, 0) is 55.0 Å². The van der Waals surface area contributed by atoms with E-state index in [9.17, 15) is 17.8 Å². The molecule has 0 bridgehead atoms. The minimum absolute atomic E-state index is 0. The second kappa shape index (κ2) is 7.69. The number of nitrogens with zero attached hydrogens (tertiary/aromatic N) is 2. The Morgan fingerprint density at radius 1 is 1.11 bits per heavy atom.